The zero-order chi connectivity index (χ0) is 25.6. The Hall–Kier alpha value is -3.19. The summed E-state index contributed by atoms with van der Waals surface area (Å²) >= 11 is 1.64. The minimum Gasteiger partial charge on any atom is -0.493 e. The molecule has 5 rings (SSSR count). The van der Waals surface area contributed by atoms with E-state index in [9.17, 15) is 9.18 Å². The predicted octanol–water partition coefficient (Wildman–Crippen LogP) is 7.17. The van der Waals surface area contributed by atoms with Crippen LogP contribution in [0.4, 0.5) is 9.39 Å². The molecule has 0 unspecified atom stereocenters. The fourth-order valence-corrected chi connectivity index (χ4v) is 6.40. The first-order chi connectivity index (χ1) is 18.1. The van der Waals surface area contributed by atoms with Gasteiger partial charge in [0, 0.05) is 22.7 Å². The number of amides is 1. The van der Waals surface area contributed by atoms with E-state index < -0.39 is 0 Å². The number of halogens is 1. The summed E-state index contributed by atoms with van der Waals surface area (Å²) in [6, 6.07) is 12.4. The van der Waals surface area contributed by atoms with Crippen molar-refractivity contribution in [3.05, 3.63) is 75.4 Å². The Labute approximate surface area is 221 Å². The van der Waals surface area contributed by atoms with Crippen LogP contribution in [0, 0.1) is 5.82 Å². The molecular formula is C30H33FN2O3S. The number of carbonyl (C=O) groups is 1. The van der Waals surface area contributed by atoms with Gasteiger partial charge in [-0.25, -0.2) is 9.38 Å². The number of hydrogen-bond acceptors (Lipinski definition) is 5. The van der Waals surface area contributed by atoms with Gasteiger partial charge in [-0.3, -0.25) is 4.79 Å². The molecule has 0 spiro atoms. The van der Waals surface area contributed by atoms with Gasteiger partial charge in [-0.15, -0.1) is 11.3 Å². The molecule has 0 saturated heterocycles. The van der Waals surface area contributed by atoms with Crippen LogP contribution in [0.5, 0.6) is 11.5 Å². The lowest BCUT2D eigenvalue weighted by atomic mass is 9.93. The van der Waals surface area contributed by atoms with Crippen LogP contribution in [0.3, 0.4) is 0 Å². The molecule has 1 N–H and O–H groups in total. The first-order valence-electron chi connectivity index (χ1n) is 13.2. The number of benzene rings is 2. The summed E-state index contributed by atoms with van der Waals surface area (Å²) in [5.41, 5.74) is 3.26. The Bertz CT molecular complexity index is 1280. The standard InChI is InChI=1S/C30H33FN2O3S/c1-35-26-17-20(15-16-25(26)36-19-21-9-5-7-13-24(21)31)18-32-30-28(23-12-6-8-14-27(23)37-30)29(34)33-22-10-3-2-4-11-22/h5,7,9,13,15-18,22H,2-4,6,8,10-12,14,19H2,1H3,(H,33,34). The third kappa shape index (κ3) is 6.04. The highest BCUT2D eigenvalue weighted by Gasteiger charge is 2.27. The van der Waals surface area contributed by atoms with E-state index in [2.05, 4.69) is 5.32 Å². The van der Waals surface area contributed by atoms with Gasteiger partial charge in [-0.1, -0.05) is 37.5 Å². The normalized spacial score (nSPS) is 15.9. The smallest absolute Gasteiger partial charge is 0.254 e. The number of rotatable bonds is 8. The van der Waals surface area contributed by atoms with Crippen LogP contribution in [0.1, 0.15) is 76.9 Å². The van der Waals surface area contributed by atoms with Crippen LogP contribution in [-0.4, -0.2) is 25.3 Å². The lowest BCUT2D eigenvalue weighted by Gasteiger charge is -2.23. The minimum absolute atomic E-state index is 0.0212. The first kappa shape index (κ1) is 25.5. The van der Waals surface area contributed by atoms with Gasteiger partial charge in [-0.05, 0) is 73.9 Å². The van der Waals surface area contributed by atoms with Gasteiger partial charge in [0.05, 0.1) is 12.7 Å². The average molecular weight is 521 g/mol. The number of aryl methyl sites for hydroxylation is 1. The fourth-order valence-electron chi connectivity index (χ4n) is 5.17. The monoisotopic (exact) mass is 520 g/mol. The molecule has 1 heterocycles. The number of fused-ring (bicyclic) bond motifs is 1. The number of carbonyl (C=O) groups excluding carboxylic acids is 1. The highest BCUT2D eigenvalue weighted by Crippen LogP contribution is 2.40. The fraction of sp³-hybridized carbons (Fsp3) is 0.400. The molecule has 0 aliphatic heterocycles. The topological polar surface area (TPSA) is 59.9 Å². The third-order valence-corrected chi connectivity index (χ3v) is 8.38. The first-order valence-corrected chi connectivity index (χ1v) is 14.0. The van der Waals surface area contributed by atoms with E-state index in [1.54, 1.807) is 48.9 Å². The molecule has 2 aliphatic carbocycles. The molecule has 1 aromatic heterocycles. The number of ether oxygens (including phenoxy) is 2. The maximum Gasteiger partial charge on any atom is 0.254 e. The number of nitrogens with one attached hydrogen (secondary N) is 1. The van der Waals surface area contributed by atoms with Gasteiger partial charge in [-0.2, -0.15) is 0 Å². The number of nitrogens with zero attached hydrogens (tertiary/aromatic N) is 1. The average Bonchev–Trinajstić information content (AvgIpc) is 3.31. The Balaban J connectivity index is 1.35. The molecule has 2 aliphatic rings. The van der Waals surface area contributed by atoms with Crippen molar-refractivity contribution in [2.75, 3.05) is 7.11 Å². The number of thiophene rings is 1. The second-order valence-corrected chi connectivity index (χ2v) is 10.8. The van der Waals surface area contributed by atoms with Gasteiger partial charge in [0.2, 0.25) is 0 Å². The quantitative estimate of drug-likeness (QED) is 0.321. The molecule has 1 saturated carbocycles. The minimum atomic E-state index is -0.299. The summed E-state index contributed by atoms with van der Waals surface area (Å²) in [5.74, 6) is 0.795. The second-order valence-electron chi connectivity index (χ2n) is 9.75. The van der Waals surface area contributed by atoms with Gasteiger partial charge >= 0.3 is 0 Å². The van der Waals surface area contributed by atoms with E-state index in [1.165, 1.54) is 35.8 Å². The summed E-state index contributed by atoms with van der Waals surface area (Å²) in [7, 11) is 1.58. The number of methoxy groups -OCH3 is 1. The van der Waals surface area contributed by atoms with Crippen LogP contribution < -0.4 is 14.8 Å². The van der Waals surface area contributed by atoms with Gasteiger partial charge in [0.25, 0.3) is 5.91 Å². The maximum atomic E-state index is 14.0. The van der Waals surface area contributed by atoms with Crippen LogP contribution in [-0.2, 0) is 19.4 Å². The Morgan fingerprint density at radius 2 is 1.89 bits per heavy atom. The predicted molar refractivity (Wildman–Crippen MR) is 146 cm³/mol. The van der Waals surface area contributed by atoms with Crippen molar-refractivity contribution in [3.63, 3.8) is 0 Å². The maximum absolute atomic E-state index is 14.0. The second kappa shape index (κ2) is 11.9. The van der Waals surface area contributed by atoms with E-state index in [0.29, 0.717) is 17.1 Å². The van der Waals surface area contributed by atoms with Crippen LogP contribution in [0.25, 0.3) is 0 Å². The summed E-state index contributed by atoms with van der Waals surface area (Å²) in [6.45, 7) is 0.108. The van der Waals surface area contributed by atoms with Crippen LogP contribution >= 0.6 is 11.3 Å². The van der Waals surface area contributed by atoms with E-state index in [-0.39, 0.29) is 24.4 Å². The van der Waals surface area contributed by atoms with Crippen molar-refractivity contribution in [1.29, 1.82) is 0 Å². The molecule has 37 heavy (non-hydrogen) atoms. The van der Waals surface area contributed by atoms with E-state index in [0.717, 1.165) is 54.7 Å². The van der Waals surface area contributed by atoms with Crippen molar-refractivity contribution in [2.24, 2.45) is 4.99 Å². The molecule has 0 bridgehead atoms. The molecule has 194 valence electrons. The Morgan fingerprint density at radius 3 is 2.70 bits per heavy atom. The molecule has 1 amide bonds. The molecule has 2 aromatic carbocycles. The summed E-state index contributed by atoms with van der Waals surface area (Å²) in [5, 5.41) is 4.07. The summed E-state index contributed by atoms with van der Waals surface area (Å²) in [4.78, 5) is 19.5. The molecule has 5 nitrogen and oxygen atoms in total. The van der Waals surface area contributed by atoms with Crippen LogP contribution in [0.2, 0.25) is 0 Å². The van der Waals surface area contributed by atoms with Crippen molar-refractivity contribution in [3.8, 4) is 11.5 Å². The van der Waals surface area contributed by atoms with Gasteiger partial charge in [0.1, 0.15) is 17.4 Å². The third-order valence-electron chi connectivity index (χ3n) is 7.18. The highest BCUT2D eigenvalue weighted by atomic mass is 32.1. The Morgan fingerprint density at radius 1 is 1.08 bits per heavy atom. The van der Waals surface area contributed by atoms with E-state index in [4.69, 9.17) is 14.5 Å². The SMILES string of the molecule is COc1cc(C=Nc2sc3c(c2C(=O)NC2CCCCC2)CCCC3)ccc1OCc1ccccc1F. The zero-order valence-corrected chi connectivity index (χ0v) is 22.0. The van der Waals surface area contributed by atoms with Crippen LogP contribution in [0.15, 0.2) is 47.5 Å². The molecule has 1 fully saturated rings. The molecule has 0 radical (unpaired) electrons. The summed E-state index contributed by atoms with van der Waals surface area (Å²) < 4.78 is 25.3. The highest BCUT2D eigenvalue weighted by molar-refractivity contribution is 7.16. The van der Waals surface area contributed by atoms with E-state index >= 15 is 0 Å². The molecule has 7 heteroatoms. The molecule has 0 atom stereocenters. The lowest BCUT2D eigenvalue weighted by molar-refractivity contribution is 0.0927. The summed E-state index contributed by atoms with van der Waals surface area (Å²) in [6.07, 6.45) is 11.7. The van der Waals surface area contributed by atoms with Crippen molar-refractivity contribution in [1.82, 2.24) is 5.32 Å². The van der Waals surface area contributed by atoms with Gasteiger partial charge < -0.3 is 14.8 Å². The van der Waals surface area contributed by atoms with Gasteiger partial charge in [0.15, 0.2) is 11.5 Å². The van der Waals surface area contributed by atoms with E-state index in [1.807, 2.05) is 12.1 Å². The van der Waals surface area contributed by atoms with Crippen molar-refractivity contribution < 1.29 is 18.7 Å². The van der Waals surface area contributed by atoms with Crippen molar-refractivity contribution in [2.45, 2.75) is 70.4 Å². The Kier molecular flexibility index (Phi) is 8.19. The van der Waals surface area contributed by atoms with Crippen molar-refractivity contribution >= 4 is 28.5 Å². The number of aliphatic imine (C=N–C) groups is 1. The zero-order valence-electron chi connectivity index (χ0n) is 21.2. The number of hydrogen-bond donors (Lipinski definition) is 1. The lowest BCUT2D eigenvalue weighted by Crippen LogP contribution is -2.36. The largest absolute Gasteiger partial charge is 0.493 e. The molecular weight excluding hydrogens is 487 g/mol. The molecule has 3 aromatic rings.